The van der Waals surface area contributed by atoms with Crippen LogP contribution in [0.5, 0.6) is 0 Å². The molecular formula is C17H13F6N5OS. The fourth-order valence-electron chi connectivity index (χ4n) is 2.58. The molecular weight excluding hydrogens is 436 g/mol. The maximum atomic E-state index is 12.7. The molecule has 0 aromatic carbocycles. The minimum Gasteiger partial charge on any atom is -0.298 e. The molecule has 6 nitrogen and oxygen atoms in total. The lowest BCUT2D eigenvalue weighted by Gasteiger charge is -2.13. The van der Waals surface area contributed by atoms with Crippen molar-refractivity contribution in [2.45, 2.75) is 32.1 Å². The maximum absolute atomic E-state index is 12.7. The number of nitrogens with zero attached hydrogens (tertiary/aromatic N) is 4. The Morgan fingerprint density at radius 2 is 1.80 bits per heavy atom. The highest BCUT2D eigenvalue weighted by Crippen LogP contribution is 2.32. The van der Waals surface area contributed by atoms with Gasteiger partial charge in [-0.3, -0.25) is 10.1 Å². The van der Waals surface area contributed by atoms with Gasteiger partial charge in [0.2, 0.25) is 0 Å². The third kappa shape index (κ3) is 4.45. The molecule has 0 aliphatic carbocycles. The Bertz CT molecular complexity index is 1050. The van der Waals surface area contributed by atoms with E-state index in [2.05, 4.69) is 20.4 Å². The molecule has 30 heavy (non-hydrogen) atoms. The summed E-state index contributed by atoms with van der Waals surface area (Å²) in [6, 6.07) is 1.95. The number of pyridine rings is 1. The van der Waals surface area contributed by atoms with E-state index in [0.29, 0.717) is 23.2 Å². The molecule has 13 heteroatoms. The van der Waals surface area contributed by atoms with E-state index >= 15 is 0 Å². The Balaban J connectivity index is 1.91. The predicted molar refractivity (Wildman–Crippen MR) is 95.5 cm³/mol. The van der Waals surface area contributed by atoms with Gasteiger partial charge in [-0.2, -0.15) is 31.4 Å². The maximum Gasteiger partial charge on any atom is 0.434 e. The highest BCUT2D eigenvalue weighted by Gasteiger charge is 2.34. The Labute approximate surface area is 169 Å². The first kappa shape index (κ1) is 21.7. The van der Waals surface area contributed by atoms with Crippen LogP contribution in [-0.2, 0) is 12.4 Å². The number of thiazole rings is 1. The van der Waals surface area contributed by atoms with Crippen molar-refractivity contribution >= 4 is 22.4 Å². The average Bonchev–Trinajstić information content (AvgIpc) is 3.27. The number of nitrogens with one attached hydrogen (secondary N) is 1. The summed E-state index contributed by atoms with van der Waals surface area (Å²) in [5, 5.41) is 6.83. The first-order valence-electron chi connectivity index (χ1n) is 8.33. The van der Waals surface area contributed by atoms with Crippen molar-refractivity contribution in [1.29, 1.82) is 0 Å². The monoisotopic (exact) mass is 449 g/mol. The molecule has 3 aromatic heterocycles. The summed E-state index contributed by atoms with van der Waals surface area (Å²) in [7, 11) is 0. The molecule has 160 valence electrons. The van der Waals surface area contributed by atoms with Crippen molar-refractivity contribution in [3.8, 4) is 5.82 Å². The van der Waals surface area contributed by atoms with E-state index in [1.165, 1.54) is 10.9 Å². The van der Waals surface area contributed by atoms with Gasteiger partial charge < -0.3 is 0 Å². The molecule has 0 fully saturated rings. The number of carbonyl (C=O) groups excluding carboxylic acids is 1. The lowest BCUT2D eigenvalue weighted by Crippen LogP contribution is -2.16. The van der Waals surface area contributed by atoms with Gasteiger partial charge in [0, 0.05) is 11.6 Å². The van der Waals surface area contributed by atoms with Gasteiger partial charge in [-0.1, -0.05) is 13.8 Å². The normalized spacial score (nSPS) is 12.4. The van der Waals surface area contributed by atoms with Gasteiger partial charge in [0.15, 0.2) is 16.6 Å². The molecule has 1 N–H and O–H groups in total. The summed E-state index contributed by atoms with van der Waals surface area (Å²) < 4.78 is 77.4. The van der Waals surface area contributed by atoms with Crippen molar-refractivity contribution in [2.75, 3.05) is 5.32 Å². The highest BCUT2D eigenvalue weighted by molar-refractivity contribution is 7.14. The molecule has 0 atom stereocenters. The quantitative estimate of drug-likeness (QED) is 0.560. The number of amides is 1. The van der Waals surface area contributed by atoms with E-state index in [-0.39, 0.29) is 22.4 Å². The molecule has 0 radical (unpaired) electrons. The molecule has 0 bridgehead atoms. The summed E-state index contributed by atoms with van der Waals surface area (Å²) in [6.45, 7) is 3.44. The van der Waals surface area contributed by atoms with Crippen LogP contribution in [0.1, 0.15) is 47.1 Å². The fraction of sp³-hybridized carbons (Fsp3) is 0.294. The third-order valence-corrected chi connectivity index (χ3v) is 4.66. The molecule has 0 aliphatic heterocycles. The zero-order valence-electron chi connectivity index (χ0n) is 15.3. The Kier molecular flexibility index (Phi) is 5.58. The molecule has 3 aromatic rings. The topological polar surface area (TPSA) is 72.7 Å². The lowest BCUT2D eigenvalue weighted by atomic mass is 10.1. The summed E-state index contributed by atoms with van der Waals surface area (Å²) >= 11 is 0.612. The summed E-state index contributed by atoms with van der Waals surface area (Å²) in [5.41, 5.74) is -1.70. The number of hydrogen-bond acceptors (Lipinski definition) is 5. The first-order chi connectivity index (χ1) is 13.9. The summed E-state index contributed by atoms with van der Waals surface area (Å²) in [4.78, 5) is 19.7. The van der Waals surface area contributed by atoms with Gasteiger partial charge in [0.25, 0.3) is 5.91 Å². The van der Waals surface area contributed by atoms with E-state index in [1.807, 2.05) is 0 Å². The first-order valence-corrected chi connectivity index (χ1v) is 9.21. The second kappa shape index (κ2) is 7.70. The van der Waals surface area contributed by atoms with E-state index < -0.39 is 29.5 Å². The Morgan fingerprint density at radius 3 is 2.30 bits per heavy atom. The van der Waals surface area contributed by atoms with Gasteiger partial charge in [0.05, 0.1) is 23.0 Å². The predicted octanol–water partition coefficient (Wildman–Crippen LogP) is 5.14. The van der Waals surface area contributed by atoms with Crippen LogP contribution in [0.25, 0.3) is 5.82 Å². The van der Waals surface area contributed by atoms with Crippen LogP contribution in [0.15, 0.2) is 29.9 Å². The molecule has 3 heterocycles. The number of aromatic nitrogens is 4. The van der Waals surface area contributed by atoms with E-state index in [4.69, 9.17) is 0 Å². The third-order valence-electron chi connectivity index (χ3n) is 3.91. The molecule has 0 unspecified atom stereocenters. The minimum atomic E-state index is -4.64. The van der Waals surface area contributed by atoms with Crippen LogP contribution < -0.4 is 5.32 Å². The van der Waals surface area contributed by atoms with Crippen molar-refractivity contribution in [1.82, 2.24) is 19.7 Å². The van der Waals surface area contributed by atoms with Gasteiger partial charge in [-0.05, 0) is 18.1 Å². The van der Waals surface area contributed by atoms with E-state index in [9.17, 15) is 31.1 Å². The van der Waals surface area contributed by atoms with Gasteiger partial charge in [-0.25, -0.2) is 14.6 Å². The molecule has 0 saturated heterocycles. The number of halogens is 6. The van der Waals surface area contributed by atoms with Crippen LogP contribution in [-0.4, -0.2) is 25.7 Å². The van der Waals surface area contributed by atoms with Gasteiger partial charge >= 0.3 is 12.4 Å². The van der Waals surface area contributed by atoms with E-state index in [0.717, 1.165) is 17.5 Å². The van der Waals surface area contributed by atoms with Crippen molar-refractivity contribution in [2.24, 2.45) is 0 Å². The minimum absolute atomic E-state index is 0.0375. The number of rotatable bonds is 4. The second-order valence-electron chi connectivity index (χ2n) is 6.40. The van der Waals surface area contributed by atoms with Crippen LogP contribution in [0, 0.1) is 0 Å². The SMILES string of the molecule is CC(C)c1c(C(=O)Nc2nc(C(F)(F)F)cs2)cnn1-c1ccc(C(F)(F)F)cn1. The number of alkyl halides is 6. The van der Waals surface area contributed by atoms with Crippen LogP contribution in [0.4, 0.5) is 31.5 Å². The Morgan fingerprint density at radius 1 is 1.10 bits per heavy atom. The van der Waals surface area contributed by atoms with Crippen molar-refractivity contribution < 1.29 is 31.1 Å². The zero-order chi connectivity index (χ0) is 22.3. The highest BCUT2D eigenvalue weighted by atomic mass is 32.1. The Hall–Kier alpha value is -2.96. The smallest absolute Gasteiger partial charge is 0.298 e. The van der Waals surface area contributed by atoms with Crippen LogP contribution in [0.3, 0.4) is 0 Å². The number of anilines is 1. The summed E-state index contributed by atoms with van der Waals surface area (Å²) in [5.74, 6) is -1.00. The molecule has 1 amide bonds. The summed E-state index contributed by atoms with van der Waals surface area (Å²) in [6.07, 6.45) is -7.37. The number of carbonyl (C=O) groups is 1. The van der Waals surface area contributed by atoms with Gasteiger partial charge in [0.1, 0.15) is 0 Å². The standard InChI is InChI=1S/C17H13F6N5OS/c1-8(2)13-10(14(29)27-15-26-11(7-30-15)17(21,22)23)6-25-28(13)12-4-3-9(5-24-12)16(18,19)20/h3-8H,1-2H3,(H,26,27,29). The number of hydrogen-bond donors (Lipinski definition) is 1. The molecule has 0 aliphatic rings. The largest absolute Gasteiger partial charge is 0.434 e. The lowest BCUT2D eigenvalue weighted by molar-refractivity contribution is -0.140. The van der Waals surface area contributed by atoms with Crippen molar-refractivity contribution in [3.63, 3.8) is 0 Å². The van der Waals surface area contributed by atoms with Crippen LogP contribution in [0.2, 0.25) is 0 Å². The molecule has 0 spiro atoms. The fourth-order valence-corrected chi connectivity index (χ4v) is 3.29. The van der Waals surface area contributed by atoms with Crippen LogP contribution >= 0.6 is 11.3 Å². The van der Waals surface area contributed by atoms with Gasteiger partial charge in [-0.15, -0.1) is 11.3 Å². The second-order valence-corrected chi connectivity index (χ2v) is 7.26. The average molecular weight is 449 g/mol. The molecule has 0 saturated carbocycles. The molecule has 3 rings (SSSR count). The zero-order valence-corrected chi connectivity index (χ0v) is 16.2. The van der Waals surface area contributed by atoms with Crippen molar-refractivity contribution in [3.05, 3.63) is 52.4 Å². The van der Waals surface area contributed by atoms with E-state index in [1.54, 1.807) is 13.8 Å².